The van der Waals surface area contributed by atoms with Crippen LogP contribution in [0.2, 0.25) is 0 Å². The normalized spacial score (nSPS) is 11.2. The zero-order valence-electron chi connectivity index (χ0n) is 12.2. The molecule has 0 aromatic heterocycles. The molecule has 0 radical (unpaired) electrons. The van der Waals surface area contributed by atoms with Gasteiger partial charge in [0.1, 0.15) is 6.07 Å². The lowest BCUT2D eigenvalue weighted by atomic mass is 10.1. The quantitative estimate of drug-likeness (QED) is 0.821. The van der Waals surface area contributed by atoms with Gasteiger partial charge in [-0.05, 0) is 38.1 Å². The van der Waals surface area contributed by atoms with Crippen molar-refractivity contribution in [3.8, 4) is 6.07 Å². The summed E-state index contributed by atoms with van der Waals surface area (Å²) in [5.74, 6) is 0. The van der Waals surface area contributed by atoms with Crippen molar-refractivity contribution in [3.05, 3.63) is 29.3 Å². The smallest absolute Gasteiger partial charge is 0.101 e. The SMILES string of the molecule is CCNCc1ccc(N(C)CC(C)(C)O)c(C#N)c1. The summed E-state index contributed by atoms with van der Waals surface area (Å²) in [6.07, 6.45) is 0. The van der Waals surface area contributed by atoms with Crippen LogP contribution in [0.4, 0.5) is 5.69 Å². The van der Waals surface area contributed by atoms with Crippen molar-refractivity contribution in [2.24, 2.45) is 0 Å². The minimum Gasteiger partial charge on any atom is -0.389 e. The highest BCUT2D eigenvalue weighted by Crippen LogP contribution is 2.22. The van der Waals surface area contributed by atoms with E-state index in [0.29, 0.717) is 12.1 Å². The van der Waals surface area contributed by atoms with Gasteiger partial charge in [-0.2, -0.15) is 5.26 Å². The highest BCUT2D eigenvalue weighted by Gasteiger charge is 2.17. The lowest BCUT2D eigenvalue weighted by Gasteiger charge is -2.28. The van der Waals surface area contributed by atoms with Crippen LogP contribution in [0.1, 0.15) is 31.9 Å². The highest BCUT2D eigenvalue weighted by atomic mass is 16.3. The van der Waals surface area contributed by atoms with Crippen molar-refractivity contribution >= 4 is 5.69 Å². The molecule has 0 atom stereocenters. The molecule has 1 aromatic carbocycles. The largest absolute Gasteiger partial charge is 0.389 e. The Labute approximate surface area is 115 Å². The van der Waals surface area contributed by atoms with Crippen LogP contribution in [-0.2, 0) is 6.54 Å². The molecule has 1 rings (SSSR count). The number of likely N-dealkylation sites (N-methyl/N-ethyl adjacent to an activating group) is 1. The van der Waals surface area contributed by atoms with E-state index in [1.807, 2.05) is 30.1 Å². The molecule has 1 aromatic rings. The Morgan fingerprint density at radius 1 is 1.42 bits per heavy atom. The van der Waals surface area contributed by atoms with Gasteiger partial charge in [-0.1, -0.05) is 13.0 Å². The van der Waals surface area contributed by atoms with E-state index in [2.05, 4.69) is 18.3 Å². The summed E-state index contributed by atoms with van der Waals surface area (Å²) in [4.78, 5) is 1.91. The van der Waals surface area contributed by atoms with Gasteiger partial charge in [0.15, 0.2) is 0 Å². The molecule has 0 unspecified atom stereocenters. The third kappa shape index (κ3) is 4.90. The summed E-state index contributed by atoms with van der Waals surface area (Å²) >= 11 is 0. The standard InChI is InChI=1S/C15H23N3O/c1-5-17-10-12-6-7-14(13(8-12)9-16)18(4)11-15(2,3)19/h6-8,17,19H,5,10-11H2,1-4H3. The Morgan fingerprint density at radius 3 is 2.63 bits per heavy atom. The Morgan fingerprint density at radius 2 is 2.11 bits per heavy atom. The maximum Gasteiger partial charge on any atom is 0.101 e. The van der Waals surface area contributed by atoms with Crippen LogP contribution in [0, 0.1) is 11.3 Å². The maximum absolute atomic E-state index is 9.85. The molecule has 19 heavy (non-hydrogen) atoms. The van der Waals surface area contributed by atoms with Gasteiger partial charge in [0.05, 0.1) is 16.9 Å². The Bertz CT molecular complexity index is 457. The molecule has 0 fully saturated rings. The first kappa shape index (κ1) is 15.5. The number of anilines is 1. The average Bonchev–Trinajstić information content (AvgIpc) is 2.33. The zero-order chi connectivity index (χ0) is 14.5. The van der Waals surface area contributed by atoms with Gasteiger partial charge >= 0.3 is 0 Å². The molecule has 0 heterocycles. The molecule has 0 saturated carbocycles. The molecule has 0 aliphatic rings. The number of nitrogens with zero attached hydrogens (tertiary/aromatic N) is 2. The van der Waals surface area contributed by atoms with E-state index in [0.717, 1.165) is 24.3 Å². The number of aliphatic hydroxyl groups is 1. The first-order valence-electron chi connectivity index (χ1n) is 6.54. The average molecular weight is 261 g/mol. The summed E-state index contributed by atoms with van der Waals surface area (Å²) in [5, 5.41) is 22.3. The third-order valence-corrected chi connectivity index (χ3v) is 2.80. The van der Waals surface area contributed by atoms with E-state index in [1.165, 1.54) is 0 Å². The van der Waals surface area contributed by atoms with Crippen LogP contribution >= 0.6 is 0 Å². The van der Waals surface area contributed by atoms with Gasteiger partial charge < -0.3 is 15.3 Å². The minimum atomic E-state index is -0.788. The fourth-order valence-corrected chi connectivity index (χ4v) is 2.05. The number of hydrogen-bond donors (Lipinski definition) is 2. The van der Waals surface area contributed by atoms with Crippen LogP contribution in [0.15, 0.2) is 18.2 Å². The molecule has 0 aliphatic heterocycles. The number of hydrogen-bond acceptors (Lipinski definition) is 4. The number of benzene rings is 1. The second kappa shape index (κ2) is 6.55. The van der Waals surface area contributed by atoms with E-state index in [9.17, 15) is 10.4 Å². The summed E-state index contributed by atoms with van der Waals surface area (Å²) in [6, 6.07) is 8.08. The predicted molar refractivity (Wildman–Crippen MR) is 78.1 cm³/mol. The Kier molecular flexibility index (Phi) is 5.34. The molecular formula is C15H23N3O. The number of nitrogens with one attached hydrogen (secondary N) is 1. The highest BCUT2D eigenvalue weighted by molar-refractivity contribution is 5.60. The van der Waals surface area contributed by atoms with E-state index < -0.39 is 5.60 Å². The molecule has 4 nitrogen and oxygen atoms in total. The summed E-state index contributed by atoms with van der Waals surface area (Å²) in [5.41, 5.74) is 1.80. The molecule has 104 valence electrons. The molecule has 0 amide bonds. The zero-order valence-corrected chi connectivity index (χ0v) is 12.2. The summed E-state index contributed by atoms with van der Waals surface area (Å²) in [7, 11) is 1.89. The fraction of sp³-hybridized carbons (Fsp3) is 0.533. The fourth-order valence-electron chi connectivity index (χ4n) is 2.05. The van der Waals surface area contributed by atoms with Crippen molar-refractivity contribution in [2.75, 3.05) is 25.0 Å². The van der Waals surface area contributed by atoms with E-state index in [-0.39, 0.29) is 0 Å². The van der Waals surface area contributed by atoms with Crippen LogP contribution in [0.25, 0.3) is 0 Å². The second-order valence-corrected chi connectivity index (χ2v) is 5.41. The molecule has 0 bridgehead atoms. The molecule has 0 saturated heterocycles. The van der Waals surface area contributed by atoms with Crippen LogP contribution < -0.4 is 10.2 Å². The van der Waals surface area contributed by atoms with Gasteiger partial charge in [-0.3, -0.25) is 0 Å². The predicted octanol–water partition coefficient (Wildman–Crippen LogP) is 1.87. The molecule has 0 spiro atoms. The third-order valence-electron chi connectivity index (χ3n) is 2.80. The molecule has 0 aliphatic carbocycles. The number of nitriles is 1. The van der Waals surface area contributed by atoms with Gasteiger partial charge in [0.2, 0.25) is 0 Å². The molecular weight excluding hydrogens is 238 g/mol. The van der Waals surface area contributed by atoms with Crippen molar-refractivity contribution in [1.82, 2.24) is 5.32 Å². The lowest BCUT2D eigenvalue weighted by molar-refractivity contribution is 0.0886. The van der Waals surface area contributed by atoms with Crippen molar-refractivity contribution in [3.63, 3.8) is 0 Å². The number of rotatable bonds is 6. The van der Waals surface area contributed by atoms with E-state index in [1.54, 1.807) is 13.8 Å². The first-order valence-corrected chi connectivity index (χ1v) is 6.54. The van der Waals surface area contributed by atoms with Crippen LogP contribution in [0.5, 0.6) is 0 Å². The van der Waals surface area contributed by atoms with Crippen LogP contribution in [-0.4, -0.2) is 30.8 Å². The lowest BCUT2D eigenvalue weighted by Crippen LogP contribution is -2.36. The van der Waals surface area contributed by atoms with E-state index in [4.69, 9.17) is 0 Å². The molecule has 4 heteroatoms. The maximum atomic E-state index is 9.85. The Balaban J connectivity index is 2.93. The molecule has 2 N–H and O–H groups in total. The van der Waals surface area contributed by atoms with Gasteiger partial charge in [0.25, 0.3) is 0 Å². The van der Waals surface area contributed by atoms with Crippen LogP contribution in [0.3, 0.4) is 0 Å². The summed E-state index contributed by atoms with van der Waals surface area (Å²) < 4.78 is 0. The second-order valence-electron chi connectivity index (χ2n) is 5.41. The van der Waals surface area contributed by atoms with E-state index >= 15 is 0 Å². The minimum absolute atomic E-state index is 0.480. The topological polar surface area (TPSA) is 59.3 Å². The Hall–Kier alpha value is -1.57. The summed E-state index contributed by atoms with van der Waals surface area (Å²) in [6.45, 7) is 7.72. The monoisotopic (exact) mass is 261 g/mol. The first-order chi connectivity index (χ1) is 8.87. The van der Waals surface area contributed by atoms with Gasteiger partial charge in [-0.15, -0.1) is 0 Å². The van der Waals surface area contributed by atoms with Gasteiger partial charge in [-0.25, -0.2) is 0 Å². The van der Waals surface area contributed by atoms with Gasteiger partial charge in [0, 0.05) is 20.1 Å². The van der Waals surface area contributed by atoms with Crippen molar-refractivity contribution < 1.29 is 5.11 Å². The van der Waals surface area contributed by atoms with Crippen molar-refractivity contribution in [1.29, 1.82) is 5.26 Å². The van der Waals surface area contributed by atoms with Crippen molar-refractivity contribution in [2.45, 2.75) is 32.9 Å².